The van der Waals surface area contributed by atoms with Crippen LogP contribution in [0.4, 0.5) is 14.9 Å². The highest BCUT2D eigenvalue weighted by Crippen LogP contribution is 2.72. The van der Waals surface area contributed by atoms with Gasteiger partial charge in [0.2, 0.25) is 5.91 Å². The molecule has 1 aromatic heterocycles. The van der Waals surface area contributed by atoms with E-state index in [9.17, 15) is 9.59 Å². The lowest BCUT2D eigenvalue weighted by molar-refractivity contribution is -0.119. The van der Waals surface area contributed by atoms with Crippen LogP contribution in [0.2, 0.25) is 0 Å². The van der Waals surface area contributed by atoms with Gasteiger partial charge in [0.1, 0.15) is 11.9 Å². The van der Waals surface area contributed by atoms with E-state index in [2.05, 4.69) is 5.32 Å². The number of benzene rings is 1. The number of anilines is 1. The monoisotopic (exact) mass is 704 g/mol. The lowest BCUT2D eigenvalue weighted by Crippen LogP contribution is -2.39. The molecule has 274 valence electrons. The van der Waals surface area contributed by atoms with E-state index in [1.54, 1.807) is 18.3 Å². The predicted molar refractivity (Wildman–Crippen MR) is 185 cm³/mol. The van der Waals surface area contributed by atoms with Gasteiger partial charge in [0.15, 0.2) is 0 Å². The van der Waals surface area contributed by atoms with Crippen LogP contribution in [-0.2, 0) is 23.7 Å². The normalized spacial score (nSPS) is 39.6. The van der Waals surface area contributed by atoms with Crippen LogP contribution < -0.4 is 27.4 Å². The molecule has 51 heavy (non-hydrogen) atoms. The zero-order valence-electron chi connectivity index (χ0n) is 29.1. The number of aromatic nitrogens is 1. The van der Waals surface area contributed by atoms with Crippen LogP contribution >= 0.6 is 0 Å². The molecule has 13 heteroatoms. The number of nitrogens with two attached hydrogens (primary N) is 3. The summed E-state index contributed by atoms with van der Waals surface area (Å²) in [6.07, 6.45) is 4.87. The van der Waals surface area contributed by atoms with Crippen molar-refractivity contribution in [3.05, 3.63) is 48.0 Å². The zero-order valence-corrected chi connectivity index (χ0v) is 29.1. The van der Waals surface area contributed by atoms with E-state index in [4.69, 9.17) is 41.1 Å². The van der Waals surface area contributed by atoms with Gasteiger partial charge in [0.05, 0.1) is 58.4 Å². The molecule has 3 aliphatic carbocycles. The Kier molecular flexibility index (Phi) is 8.03. The number of fused-ring (bicyclic) bond motifs is 3. The first kappa shape index (κ1) is 33.6. The predicted octanol–water partition coefficient (Wildman–Crippen LogP) is 2.53. The zero-order chi connectivity index (χ0) is 35.3. The first-order valence-corrected chi connectivity index (χ1v) is 18.6. The summed E-state index contributed by atoms with van der Waals surface area (Å²) in [7, 11) is 0. The molecular weight excluding hydrogens is 655 g/mol. The van der Waals surface area contributed by atoms with Crippen molar-refractivity contribution in [2.24, 2.45) is 57.1 Å². The van der Waals surface area contributed by atoms with Crippen LogP contribution in [0.1, 0.15) is 44.2 Å². The minimum Gasteiger partial charge on any atom is -0.442 e. The number of hydrogen-bond donors (Lipinski definition) is 4. The highest BCUT2D eigenvalue weighted by atomic mass is 19.1. The lowest BCUT2D eigenvalue weighted by Gasteiger charge is -2.38. The first-order chi connectivity index (χ1) is 24.6. The van der Waals surface area contributed by atoms with Crippen LogP contribution in [0.5, 0.6) is 0 Å². The van der Waals surface area contributed by atoms with Gasteiger partial charge in [0, 0.05) is 88.0 Å². The Morgan fingerprint density at radius 1 is 0.980 bits per heavy atom. The number of unbranched alkanes of at least 4 members (excludes halogenated alkanes) is 1. The van der Waals surface area contributed by atoms with Crippen LogP contribution in [0, 0.1) is 45.7 Å². The second-order valence-electron chi connectivity index (χ2n) is 16.4. The van der Waals surface area contributed by atoms with Crippen molar-refractivity contribution >= 4 is 17.7 Å². The average Bonchev–Trinajstić information content (AvgIpc) is 3.65. The summed E-state index contributed by atoms with van der Waals surface area (Å²) in [5, 5.41) is 2.66. The third-order valence-corrected chi connectivity index (χ3v) is 14.2. The van der Waals surface area contributed by atoms with Gasteiger partial charge in [-0.25, -0.2) is 9.18 Å². The van der Waals surface area contributed by atoms with Crippen LogP contribution in [0.25, 0.3) is 11.1 Å². The van der Waals surface area contributed by atoms with Gasteiger partial charge in [-0.15, -0.1) is 0 Å². The first-order valence-electron chi connectivity index (χ1n) is 18.6. The average molecular weight is 705 g/mol. The molecule has 2 amide bonds. The van der Waals surface area contributed by atoms with Crippen molar-refractivity contribution in [1.29, 1.82) is 0 Å². The lowest BCUT2D eigenvalue weighted by atomic mass is 9.66. The Morgan fingerprint density at radius 3 is 2.33 bits per heavy atom. The van der Waals surface area contributed by atoms with E-state index in [1.165, 1.54) is 17.9 Å². The van der Waals surface area contributed by atoms with E-state index in [1.807, 2.05) is 12.1 Å². The molecule has 7 aliphatic rings. The fraction of sp³-hybridized carbons (Fsp3) is 0.658. The van der Waals surface area contributed by atoms with Crippen molar-refractivity contribution in [2.75, 3.05) is 57.6 Å². The molecule has 0 radical (unpaired) electrons. The molecule has 4 saturated heterocycles. The van der Waals surface area contributed by atoms with Crippen LogP contribution in [0.15, 0.2) is 36.5 Å². The fourth-order valence-corrected chi connectivity index (χ4v) is 11.0. The van der Waals surface area contributed by atoms with Crippen molar-refractivity contribution in [3.63, 3.8) is 0 Å². The van der Waals surface area contributed by atoms with Gasteiger partial charge in [-0.2, -0.15) is 0 Å². The fourth-order valence-electron chi connectivity index (χ4n) is 11.0. The minimum absolute atomic E-state index is 0.0206. The number of cyclic esters (lactones) is 1. The smallest absolute Gasteiger partial charge is 0.414 e. The minimum atomic E-state index is -0.576. The summed E-state index contributed by atoms with van der Waals surface area (Å²) < 4.78 is 39.0. The van der Waals surface area contributed by atoms with E-state index < -0.39 is 18.0 Å². The number of carbonyl (C=O) groups is 2. The van der Waals surface area contributed by atoms with Gasteiger partial charge < -0.3 is 41.5 Å². The van der Waals surface area contributed by atoms with E-state index in [0.717, 1.165) is 44.6 Å². The number of pyridine rings is 1. The van der Waals surface area contributed by atoms with Gasteiger partial charge >= 0.3 is 6.09 Å². The number of nitrogens with one attached hydrogen (secondary N) is 1. The SMILES string of the molecule is CC(=O)NC[C@H]1CN(c2ccc(-c3ccc(C(C(CCCCC45COCC4C5N)C45COCC4C5N)C45COCC4C5N)nc3)c(F)c2)C(=O)O1. The highest BCUT2D eigenvalue weighted by Gasteiger charge is 2.77. The Balaban J connectivity index is 0.972. The molecule has 5 heterocycles. The summed E-state index contributed by atoms with van der Waals surface area (Å²) >= 11 is 0. The third-order valence-electron chi connectivity index (χ3n) is 14.2. The molecule has 12 atom stereocenters. The second kappa shape index (κ2) is 12.2. The van der Waals surface area contributed by atoms with Crippen molar-refractivity contribution < 1.29 is 32.9 Å². The summed E-state index contributed by atoms with van der Waals surface area (Å²) in [6.45, 7) is 5.96. The molecule has 12 nitrogen and oxygen atoms in total. The van der Waals surface area contributed by atoms with E-state index in [0.29, 0.717) is 55.1 Å². The maximum absolute atomic E-state index is 15.7. The third kappa shape index (κ3) is 5.09. The van der Waals surface area contributed by atoms with Gasteiger partial charge in [0.25, 0.3) is 0 Å². The topological polar surface area (TPSA) is 177 Å². The quantitative estimate of drug-likeness (QED) is 0.227. The van der Waals surface area contributed by atoms with Crippen molar-refractivity contribution in [2.45, 2.75) is 62.8 Å². The molecule has 2 aromatic rings. The second-order valence-corrected chi connectivity index (χ2v) is 16.4. The Hall–Kier alpha value is -3.20. The molecule has 3 saturated carbocycles. The van der Waals surface area contributed by atoms with E-state index >= 15 is 4.39 Å². The number of rotatable bonds is 13. The molecule has 4 aliphatic heterocycles. The molecule has 7 fully saturated rings. The van der Waals surface area contributed by atoms with Crippen molar-refractivity contribution in [1.82, 2.24) is 10.3 Å². The van der Waals surface area contributed by atoms with Crippen LogP contribution in [-0.4, -0.2) is 93.9 Å². The summed E-state index contributed by atoms with van der Waals surface area (Å²) in [5.74, 6) is 0.631. The summed E-state index contributed by atoms with van der Waals surface area (Å²) in [4.78, 5) is 30.3. The molecule has 11 unspecified atom stereocenters. The molecule has 0 bridgehead atoms. The number of carbonyl (C=O) groups excluding carboxylic acids is 2. The standard InChI is InChI=1S/C38H49FN6O6/c1-20(46)43-12-23-13-45(35(47)51-23)22-6-7-24(29(39)10-22)21-5-8-30(44-11-21)31(38-19-50-16-28(38)34(38)42)25(37-18-49-15-27(37)33(37)41)4-2-3-9-36-17-48-14-26(36)32(36)40/h5-8,10-11,23,25-28,31-34H,2-4,9,12-19,40-42H2,1H3,(H,43,46)/t23-,25?,26?,27?,28?,31?,32?,33?,34?,36?,37?,38?/m0/s1. The van der Waals surface area contributed by atoms with Crippen molar-refractivity contribution in [3.8, 4) is 11.1 Å². The number of nitrogens with zero attached hydrogens (tertiary/aromatic N) is 2. The number of ether oxygens (including phenoxy) is 4. The molecular formula is C38H49FN6O6. The largest absolute Gasteiger partial charge is 0.442 e. The van der Waals surface area contributed by atoms with E-state index in [-0.39, 0.29) is 71.1 Å². The molecule has 7 N–H and O–H groups in total. The number of hydrogen-bond acceptors (Lipinski definition) is 10. The Labute approximate surface area is 297 Å². The number of halogens is 1. The van der Waals surface area contributed by atoms with Gasteiger partial charge in [-0.1, -0.05) is 18.9 Å². The Bertz CT molecular complexity index is 1720. The molecule has 0 spiro atoms. The summed E-state index contributed by atoms with van der Waals surface area (Å²) in [6, 6.07) is 9.05. The maximum Gasteiger partial charge on any atom is 0.414 e. The Morgan fingerprint density at radius 2 is 1.71 bits per heavy atom. The highest BCUT2D eigenvalue weighted by molar-refractivity contribution is 5.90. The maximum atomic E-state index is 15.7. The molecule has 1 aromatic carbocycles. The number of amides is 2. The summed E-state index contributed by atoms with van der Waals surface area (Å²) in [5.41, 5.74) is 22.4. The van der Waals surface area contributed by atoms with Gasteiger partial charge in [-0.05, 0) is 43.0 Å². The molecule has 9 rings (SSSR count). The van der Waals surface area contributed by atoms with Gasteiger partial charge in [-0.3, -0.25) is 14.7 Å². The van der Waals surface area contributed by atoms with Crippen LogP contribution in [0.3, 0.4) is 0 Å².